The highest BCUT2D eigenvalue weighted by atomic mass is 16.6. The van der Waals surface area contributed by atoms with Gasteiger partial charge < -0.3 is 41.8 Å². The normalized spacial score (nSPS) is 12.8. The van der Waals surface area contributed by atoms with Crippen LogP contribution in [0.1, 0.15) is 54.4 Å². The number of esters is 2. The standard InChI is InChI=1S/C22H21NO4.C21H20O5.C20H18O5/c1-15(22(25)23-11-5-6-12-23)26-17-9-10-18-19(16-7-3-2-4-8-16)14-21(24)27-20(18)13-17;1-4-24-20(23)21(2,3)26-15-10-11-16-17(14-8-6-5-7-9-14)13-19(22)25-18(16)12-15;1-3-23-20(22)13(2)24-15-9-10-16-17(14-7-5-4-6-8-14)12-19(21)25-18(16)11-15/h2-4,7-10,13-15H,5-6,11-12H2,1H3;5-13H,4H2,1-3H3;4-13H,3H2,1-2H3/t;;13-/m..1/s1. The van der Waals surface area contributed by atoms with Crippen LogP contribution in [-0.4, -0.2) is 66.9 Å². The van der Waals surface area contributed by atoms with Gasteiger partial charge in [0.15, 0.2) is 17.8 Å². The summed E-state index contributed by atoms with van der Waals surface area (Å²) in [5.41, 5.74) is 3.97. The van der Waals surface area contributed by atoms with Crippen molar-refractivity contribution in [1.82, 2.24) is 4.90 Å². The fraction of sp³-hybridized carbons (Fsp3) is 0.238. The molecule has 15 heteroatoms. The van der Waals surface area contributed by atoms with Gasteiger partial charge in [0.1, 0.15) is 34.0 Å². The molecule has 0 saturated carbocycles. The van der Waals surface area contributed by atoms with Crippen LogP contribution in [0.25, 0.3) is 66.3 Å². The first-order valence-electron chi connectivity index (χ1n) is 25.7. The predicted molar refractivity (Wildman–Crippen MR) is 298 cm³/mol. The Morgan fingerprint density at radius 3 is 1.27 bits per heavy atom. The monoisotopic (exact) mass is 1050 g/mol. The van der Waals surface area contributed by atoms with E-state index < -0.39 is 46.6 Å². The Bertz CT molecular complexity index is 3730. The summed E-state index contributed by atoms with van der Waals surface area (Å²) in [7, 11) is 0. The molecule has 1 unspecified atom stereocenters. The minimum absolute atomic E-state index is 0.00733. The van der Waals surface area contributed by atoms with E-state index in [1.165, 1.54) is 18.2 Å². The van der Waals surface area contributed by atoms with Crippen LogP contribution >= 0.6 is 0 Å². The molecule has 4 heterocycles. The summed E-state index contributed by atoms with van der Waals surface area (Å²) in [5, 5.41) is 2.41. The summed E-state index contributed by atoms with van der Waals surface area (Å²) in [6.07, 6.45) is 0.759. The molecule has 2 atom stereocenters. The van der Waals surface area contributed by atoms with Crippen LogP contribution < -0.4 is 31.1 Å². The zero-order chi connectivity index (χ0) is 55.3. The zero-order valence-electron chi connectivity index (χ0n) is 44.1. The maximum absolute atomic E-state index is 12.4. The van der Waals surface area contributed by atoms with Crippen LogP contribution in [0.3, 0.4) is 0 Å². The maximum atomic E-state index is 12.4. The van der Waals surface area contributed by atoms with E-state index in [9.17, 15) is 28.8 Å². The van der Waals surface area contributed by atoms with Crippen molar-refractivity contribution in [3.05, 3.63) is 195 Å². The third kappa shape index (κ3) is 13.6. The molecule has 400 valence electrons. The molecular weight excluding hydrogens is 995 g/mol. The quantitative estimate of drug-likeness (QED) is 0.0738. The van der Waals surface area contributed by atoms with Crippen molar-refractivity contribution >= 4 is 50.8 Å². The summed E-state index contributed by atoms with van der Waals surface area (Å²) in [6.45, 7) is 12.2. The molecule has 0 aliphatic carbocycles. The second-order valence-corrected chi connectivity index (χ2v) is 18.6. The summed E-state index contributed by atoms with van der Waals surface area (Å²) < 4.78 is 43.1. The molecule has 1 aliphatic heterocycles. The molecule has 0 spiro atoms. The number of amides is 1. The third-order valence-corrected chi connectivity index (χ3v) is 12.6. The highest BCUT2D eigenvalue weighted by Gasteiger charge is 2.32. The van der Waals surface area contributed by atoms with Crippen LogP contribution in [0.5, 0.6) is 17.2 Å². The molecule has 15 nitrogen and oxygen atoms in total. The molecule has 6 aromatic carbocycles. The number of nitrogens with zero attached hydrogens (tertiary/aromatic N) is 1. The van der Waals surface area contributed by atoms with Gasteiger partial charge >= 0.3 is 28.8 Å². The van der Waals surface area contributed by atoms with Gasteiger partial charge in [0, 0.05) is 65.6 Å². The lowest BCUT2D eigenvalue weighted by molar-refractivity contribution is -0.158. The Hall–Kier alpha value is -9.24. The maximum Gasteiger partial charge on any atom is 0.349 e. The number of rotatable bonds is 14. The van der Waals surface area contributed by atoms with Crippen molar-refractivity contribution in [3.63, 3.8) is 0 Å². The number of carbonyl (C=O) groups excluding carboxylic acids is 3. The van der Waals surface area contributed by atoms with Crippen molar-refractivity contribution in [2.45, 2.75) is 72.2 Å². The minimum Gasteiger partial charge on any atom is -0.481 e. The molecule has 10 rings (SSSR count). The van der Waals surface area contributed by atoms with Crippen molar-refractivity contribution < 1.29 is 51.3 Å². The zero-order valence-corrected chi connectivity index (χ0v) is 44.1. The second kappa shape index (κ2) is 25.1. The Labute approximate surface area is 449 Å². The van der Waals surface area contributed by atoms with E-state index in [2.05, 4.69) is 0 Å². The summed E-state index contributed by atoms with van der Waals surface area (Å²) in [5.74, 6) is 0.454. The fourth-order valence-electron chi connectivity index (χ4n) is 8.81. The lowest BCUT2D eigenvalue weighted by atomic mass is 10.0. The molecule has 1 aliphatic rings. The minimum atomic E-state index is -1.15. The van der Waals surface area contributed by atoms with Gasteiger partial charge in [-0.25, -0.2) is 24.0 Å². The molecule has 0 radical (unpaired) electrons. The van der Waals surface area contributed by atoms with E-state index in [0.29, 0.717) is 40.6 Å². The van der Waals surface area contributed by atoms with Crippen LogP contribution in [-0.2, 0) is 23.9 Å². The average molecular weight is 1050 g/mol. The smallest absolute Gasteiger partial charge is 0.349 e. The predicted octanol–water partition coefficient (Wildman–Crippen LogP) is 11.8. The van der Waals surface area contributed by atoms with Gasteiger partial charge in [-0.15, -0.1) is 0 Å². The molecule has 3 aromatic heterocycles. The van der Waals surface area contributed by atoms with E-state index in [1.807, 2.05) is 120 Å². The second-order valence-electron chi connectivity index (χ2n) is 18.6. The number of likely N-dealkylation sites (tertiary alicyclic amines) is 1. The van der Waals surface area contributed by atoms with Gasteiger partial charge in [-0.2, -0.15) is 0 Å². The highest BCUT2D eigenvalue weighted by Crippen LogP contribution is 2.33. The van der Waals surface area contributed by atoms with Gasteiger partial charge in [0.25, 0.3) is 5.91 Å². The number of fused-ring (bicyclic) bond motifs is 3. The van der Waals surface area contributed by atoms with E-state index in [1.54, 1.807) is 71.9 Å². The van der Waals surface area contributed by atoms with Crippen molar-refractivity contribution in [1.29, 1.82) is 0 Å². The lowest BCUT2D eigenvalue weighted by Gasteiger charge is -2.24. The molecule has 9 aromatic rings. The Balaban J connectivity index is 0.000000155. The number of benzene rings is 6. The number of ether oxygens (including phenoxy) is 5. The van der Waals surface area contributed by atoms with Gasteiger partial charge in [-0.05, 0) is 124 Å². The summed E-state index contributed by atoms with van der Waals surface area (Å²) >= 11 is 0. The molecule has 78 heavy (non-hydrogen) atoms. The summed E-state index contributed by atoms with van der Waals surface area (Å²) in [6, 6.07) is 49.0. The van der Waals surface area contributed by atoms with Crippen molar-refractivity contribution in [2.75, 3.05) is 26.3 Å². The van der Waals surface area contributed by atoms with Crippen LogP contribution in [0.4, 0.5) is 0 Å². The number of carbonyl (C=O) groups is 3. The largest absolute Gasteiger partial charge is 0.481 e. The van der Waals surface area contributed by atoms with E-state index in [4.69, 9.17) is 36.9 Å². The Kier molecular flexibility index (Phi) is 17.7. The summed E-state index contributed by atoms with van der Waals surface area (Å²) in [4.78, 5) is 73.9. The third-order valence-electron chi connectivity index (χ3n) is 12.6. The van der Waals surface area contributed by atoms with E-state index >= 15 is 0 Å². The van der Waals surface area contributed by atoms with Gasteiger partial charge in [-0.1, -0.05) is 91.0 Å². The SMILES string of the molecule is CC(Oc1ccc2c(-c3ccccc3)cc(=O)oc2c1)C(=O)N1CCCC1.CCOC(=O)C(C)(C)Oc1ccc2c(-c3ccccc3)cc(=O)oc2c1.CCOC(=O)[C@@H](C)Oc1ccc2c(-c3ccccc3)cc(=O)oc2c1. The first-order chi connectivity index (χ1) is 37.6. The van der Waals surface area contributed by atoms with Crippen LogP contribution in [0.15, 0.2) is 191 Å². The highest BCUT2D eigenvalue weighted by molar-refractivity contribution is 5.96. The Morgan fingerprint density at radius 2 is 0.872 bits per heavy atom. The Morgan fingerprint density at radius 1 is 0.500 bits per heavy atom. The lowest BCUT2D eigenvalue weighted by Crippen LogP contribution is -2.39. The van der Waals surface area contributed by atoms with E-state index in [-0.39, 0.29) is 12.5 Å². The van der Waals surface area contributed by atoms with Gasteiger partial charge in [0.2, 0.25) is 0 Å². The molecule has 1 saturated heterocycles. The molecule has 1 fully saturated rings. The number of hydrogen-bond acceptors (Lipinski definition) is 14. The van der Waals surface area contributed by atoms with Gasteiger partial charge in [-0.3, -0.25) is 4.79 Å². The average Bonchev–Trinajstić information content (AvgIpc) is 4.01. The molecular formula is C63H59NO14. The van der Waals surface area contributed by atoms with Crippen molar-refractivity contribution in [2.24, 2.45) is 0 Å². The van der Waals surface area contributed by atoms with Crippen molar-refractivity contribution in [3.8, 4) is 50.6 Å². The topological polar surface area (TPSA) is 191 Å². The molecule has 0 N–H and O–H groups in total. The fourth-order valence-corrected chi connectivity index (χ4v) is 8.81. The van der Waals surface area contributed by atoms with Gasteiger partial charge in [0.05, 0.1) is 13.2 Å². The van der Waals surface area contributed by atoms with E-state index in [0.717, 1.165) is 75.5 Å². The van der Waals surface area contributed by atoms with Crippen LogP contribution in [0.2, 0.25) is 0 Å². The first kappa shape index (κ1) is 55.0. The number of hydrogen-bond donors (Lipinski definition) is 0. The molecule has 0 bridgehead atoms. The first-order valence-corrected chi connectivity index (χ1v) is 25.7. The van der Waals surface area contributed by atoms with Crippen LogP contribution in [0, 0.1) is 0 Å². The molecule has 1 amide bonds.